The second kappa shape index (κ2) is 3.96. The summed E-state index contributed by atoms with van der Waals surface area (Å²) >= 11 is 0. The van der Waals surface area contributed by atoms with E-state index in [9.17, 15) is 9.59 Å². The third-order valence-electron chi connectivity index (χ3n) is 2.87. The summed E-state index contributed by atoms with van der Waals surface area (Å²) in [5.74, 6) is -0.434. The van der Waals surface area contributed by atoms with Crippen LogP contribution in [-0.4, -0.2) is 22.8 Å². The average molecular weight is 218 g/mol. The molecule has 1 aliphatic rings. The number of rotatable bonds is 3. The highest BCUT2D eigenvalue weighted by Gasteiger charge is 2.39. The lowest BCUT2D eigenvalue weighted by atomic mass is 10.00. The molecule has 0 radical (unpaired) electrons. The Balaban J connectivity index is 2.06. The normalized spacial score (nSPS) is 19.4. The van der Waals surface area contributed by atoms with Gasteiger partial charge in [0.2, 0.25) is 11.8 Å². The number of nitrogens with two attached hydrogens (primary N) is 1. The third kappa shape index (κ3) is 1.91. The van der Waals surface area contributed by atoms with Crippen LogP contribution in [0.5, 0.6) is 0 Å². The molecule has 0 unspecified atom stereocenters. The first-order valence-electron chi connectivity index (χ1n) is 5.22. The summed E-state index contributed by atoms with van der Waals surface area (Å²) < 4.78 is 0. The summed E-state index contributed by atoms with van der Waals surface area (Å²) in [6.07, 6.45) is 0.251. The maximum absolute atomic E-state index is 11.3. The molecular formula is C12H14N2O2. The Morgan fingerprint density at radius 2 is 2.06 bits per heavy atom. The maximum Gasteiger partial charge on any atom is 0.240 e. The van der Waals surface area contributed by atoms with Gasteiger partial charge in [-0.3, -0.25) is 9.59 Å². The van der Waals surface area contributed by atoms with E-state index in [2.05, 4.69) is 0 Å². The van der Waals surface area contributed by atoms with E-state index in [0.29, 0.717) is 6.54 Å². The minimum absolute atomic E-state index is 0.00984. The predicted octanol–water partition coefficient (Wildman–Crippen LogP) is 0.581. The van der Waals surface area contributed by atoms with Crippen molar-refractivity contribution in [1.29, 1.82) is 0 Å². The zero-order valence-corrected chi connectivity index (χ0v) is 9.14. The highest BCUT2D eigenvalue weighted by Crippen LogP contribution is 2.21. The Labute approximate surface area is 94.0 Å². The van der Waals surface area contributed by atoms with E-state index >= 15 is 0 Å². The van der Waals surface area contributed by atoms with Gasteiger partial charge in [-0.1, -0.05) is 29.8 Å². The van der Waals surface area contributed by atoms with Crippen LogP contribution in [0.25, 0.3) is 0 Å². The fraction of sp³-hybridized carbons (Fsp3) is 0.333. The molecule has 0 aromatic heterocycles. The number of carbonyl (C=O) groups excluding carboxylic acids is 2. The summed E-state index contributed by atoms with van der Waals surface area (Å²) in [6, 6.07) is 7.46. The van der Waals surface area contributed by atoms with Gasteiger partial charge in [0.15, 0.2) is 0 Å². The van der Waals surface area contributed by atoms with Crippen LogP contribution in [0.4, 0.5) is 0 Å². The van der Waals surface area contributed by atoms with E-state index in [0.717, 1.165) is 5.56 Å². The van der Waals surface area contributed by atoms with Gasteiger partial charge in [-0.15, -0.1) is 0 Å². The SMILES string of the molecule is Cc1ccc(CN2C(=O)C[C@@H]2C(N)=O)cc1. The van der Waals surface area contributed by atoms with E-state index < -0.39 is 11.9 Å². The molecule has 2 rings (SSSR count). The van der Waals surface area contributed by atoms with Crippen molar-refractivity contribution in [3.05, 3.63) is 35.4 Å². The molecule has 1 aromatic carbocycles. The molecule has 0 spiro atoms. The summed E-state index contributed by atoms with van der Waals surface area (Å²) in [5.41, 5.74) is 7.39. The molecule has 1 heterocycles. The largest absolute Gasteiger partial charge is 0.368 e. The molecule has 0 saturated carbocycles. The smallest absolute Gasteiger partial charge is 0.240 e. The molecule has 16 heavy (non-hydrogen) atoms. The number of carbonyl (C=O) groups is 2. The van der Waals surface area contributed by atoms with Crippen molar-refractivity contribution >= 4 is 11.8 Å². The van der Waals surface area contributed by atoms with Crippen LogP contribution in [0.3, 0.4) is 0 Å². The van der Waals surface area contributed by atoms with Crippen molar-refractivity contribution < 1.29 is 9.59 Å². The number of nitrogens with zero attached hydrogens (tertiary/aromatic N) is 1. The Morgan fingerprint density at radius 1 is 1.44 bits per heavy atom. The molecule has 1 aliphatic heterocycles. The first-order valence-corrected chi connectivity index (χ1v) is 5.22. The molecule has 4 nitrogen and oxygen atoms in total. The molecular weight excluding hydrogens is 204 g/mol. The van der Waals surface area contributed by atoms with Gasteiger partial charge in [0.05, 0.1) is 6.42 Å². The number of aryl methyl sites for hydroxylation is 1. The summed E-state index contributed by atoms with van der Waals surface area (Å²) in [4.78, 5) is 23.9. The summed E-state index contributed by atoms with van der Waals surface area (Å²) in [6.45, 7) is 2.47. The molecule has 1 saturated heterocycles. The topological polar surface area (TPSA) is 63.4 Å². The van der Waals surface area contributed by atoms with Crippen LogP contribution in [0.1, 0.15) is 17.5 Å². The number of likely N-dealkylation sites (tertiary alicyclic amines) is 1. The van der Waals surface area contributed by atoms with Gasteiger partial charge in [-0.05, 0) is 12.5 Å². The Morgan fingerprint density at radius 3 is 2.56 bits per heavy atom. The van der Waals surface area contributed by atoms with Gasteiger partial charge < -0.3 is 10.6 Å². The van der Waals surface area contributed by atoms with E-state index in [-0.39, 0.29) is 12.3 Å². The van der Waals surface area contributed by atoms with Gasteiger partial charge in [-0.2, -0.15) is 0 Å². The van der Waals surface area contributed by atoms with E-state index in [4.69, 9.17) is 5.73 Å². The molecule has 0 aliphatic carbocycles. The molecule has 1 atom stereocenters. The molecule has 2 amide bonds. The first-order chi connectivity index (χ1) is 7.58. The fourth-order valence-electron chi connectivity index (χ4n) is 1.80. The Kier molecular flexibility index (Phi) is 2.64. The highest BCUT2D eigenvalue weighted by atomic mass is 16.2. The van der Waals surface area contributed by atoms with Gasteiger partial charge in [0, 0.05) is 6.54 Å². The quantitative estimate of drug-likeness (QED) is 0.754. The van der Waals surface area contributed by atoms with Crippen molar-refractivity contribution in [1.82, 2.24) is 4.90 Å². The monoisotopic (exact) mass is 218 g/mol. The lowest BCUT2D eigenvalue weighted by Crippen LogP contribution is -2.57. The van der Waals surface area contributed by atoms with Gasteiger partial charge >= 0.3 is 0 Å². The zero-order valence-electron chi connectivity index (χ0n) is 9.14. The molecule has 1 aromatic rings. The van der Waals surface area contributed by atoms with Gasteiger partial charge in [0.1, 0.15) is 6.04 Å². The molecule has 1 fully saturated rings. The predicted molar refractivity (Wildman–Crippen MR) is 59.3 cm³/mol. The molecule has 2 N–H and O–H groups in total. The fourth-order valence-corrected chi connectivity index (χ4v) is 1.80. The Bertz CT molecular complexity index is 425. The van der Waals surface area contributed by atoms with Crippen molar-refractivity contribution in [3.8, 4) is 0 Å². The maximum atomic E-state index is 11.3. The highest BCUT2D eigenvalue weighted by molar-refractivity contribution is 5.96. The van der Waals surface area contributed by atoms with Crippen LogP contribution in [0.15, 0.2) is 24.3 Å². The molecule has 84 valence electrons. The lowest BCUT2D eigenvalue weighted by Gasteiger charge is -2.38. The Hall–Kier alpha value is -1.84. The van der Waals surface area contributed by atoms with Crippen LogP contribution >= 0.6 is 0 Å². The van der Waals surface area contributed by atoms with E-state index in [1.54, 1.807) is 0 Å². The van der Waals surface area contributed by atoms with Gasteiger partial charge in [-0.25, -0.2) is 0 Å². The van der Waals surface area contributed by atoms with Crippen molar-refractivity contribution in [2.45, 2.75) is 25.9 Å². The summed E-state index contributed by atoms with van der Waals surface area (Å²) in [7, 11) is 0. The lowest BCUT2D eigenvalue weighted by molar-refractivity contribution is -0.153. The standard InChI is InChI=1S/C12H14N2O2/c1-8-2-4-9(5-3-8)7-14-10(12(13)16)6-11(14)15/h2-5,10H,6-7H2,1H3,(H2,13,16)/t10-/m1/s1. The number of hydrogen-bond donors (Lipinski definition) is 1. The van der Waals surface area contributed by atoms with E-state index in [1.165, 1.54) is 10.5 Å². The number of hydrogen-bond acceptors (Lipinski definition) is 2. The zero-order chi connectivity index (χ0) is 11.7. The van der Waals surface area contributed by atoms with Gasteiger partial charge in [0.25, 0.3) is 0 Å². The third-order valence-corrected chi connectivity index (χ3v) is 2.87. The minimum atomic E-state index is -0.424. The number of amides is 2. The van der Waals surface area contributed by atoms with Crippen LogP contribution in [0.2, 0.25) is 0 Å². The van der Waals surface area contributed by atoms with Crippen LogP contribution in [-0.2, 0) is 16.1 Å². The number of primary amides is 1. The molecule has 4 heteroatoms. The van der Waals surface area contributed by atoms with Crippen molar-refractivity contribution in [2.24, 2.45) is 5.73 Å². The van der Waals surface area contributed by atoms with E-state index in [1.807, 2.05) is 31.2 Å². The average Bonchev–Trinajstić information content (AvgIpc) is 2.24. The van der Waals surface area contributed by atoms with Crippen molar-refractivity contribution in [2.75, 3.05) is 0 Å². The summed E-state index contributed by atoms with van der Waals surface area (Å²) in [5, 5.41) is 0. The molecule has 0 bridgehead atoms. The first kappa shape index (κ1) is 10.7. The second-order valence-corrected chi connectivity index (χ2v) is 4.13. The van der Waals surface area contributed by atoms with Crippen LogP contribution in [0, 0.1) is 6.92 Å². The second-order valence-electron chi connectivity index (χ2n) is 4.13. The number of β-lactam (4-membered cyclic amide) rings is 1. The number of benzene rings is 1. The minimum Gasteiger partial charge on any atom is -0.368 e. The van der Waals surface area contributed by atoms with Crippen molar-refractivity contribution in [3.63, 3.8) is 0 Å². The van der Waals surface area contributed by atoms with Crippen LogP contribution < -0.4 is 5.73 Å².